The number of hydrogen-bond donors (Lipinski definition) is 0. The molecule has 0 rings (SSSR count). The van der Waals surface area contributed by atoms with Gasteiger partial charge in [0.2, 0.25) is 6.29 Å². The fraction of sp³-hybridized carbons (Fsp3) is 0.857. The van der Waals surface area contributed by atoms with Gasteiger partial charge in [-0.3, -0.25) is 4.79 Å². The molecule has 0 fully saturated rings. The molecule has 0 N–H and O–H groups in total. The lowest BCUT2D eigenvalue weighted by Crippen LogP contribution is -2.27. The summed E-state index contributed by atoms with van der Waals surface area (Å²) < 4.78 is 0. The van der Waals surface area contributed by atoms with Crippen molar-refractivity contribution >= 4 is 14.4 Å². The second kappa shape index (κ2) is 15.2. The van der Waals surface area contributed by atoms with Crippen LogP contribution in [0.25, 0.3) is 0 Å². The highest BCUT2D eigenvalue weighted by molar-refractivity contribution is 6.80. The molecule has 1 radical (unpaired) electrons. The summed E-state index contributed by atoms with van der Waals surface area (Å²) in [6.45, 7) is 8.98. The minimum Gasteiger partial charge on any atom is -0.291 e. The molecule has 1 atom stereocenters. The minimum atomic E-state index is -1.40. The molecule has 1 nitrogen and oxygen atoms in total. The van der Waals surface area contributed by atoms with Crippen LogP contribution < -0.4 is 0 Å². The van der Waals surface area contributed by atoms with Crippen LogP contribution in [0.3, 0.4) is 0 Å². The van der Waals surface area contributed by atoms with E-state index in [0.29, 0.717) is 0 Å². The zero-order chi connectivity index (χ0) is 17.4. The molecule has 0 spiro atoms. The summed E-state index contributed by atoms with van der Waals surface area (Å²) >= 11 is 0. The van der Waals surface area contributed by atoms with Crippen LogP contribution in [0.5, 0.6) is 0 Å². The fourth-order valence-electron chi connectivity index (χ4n) is 2.84. The van der Waals surface area contributed by atoms with Crippen LogP contribution in [0.15, 0.2) is 12.2 Å². The number of allylic oxidation sites excluding steroid dienone is 2. The highest BCUT2D eigenvalue weighted by Gasteiger charge is 2.24. The Kier molecular flexibility index (Phi) is 14.9. The second-order valence-corrected chi connectivity index (χ2v) is 13.4. The SMILES string of the molecule is CCCCCCCCCCCCCCC=CC([C]=O)[Si](C)(C)C. The predicted molar refractivity (Wildman–Crippen MR) is 108 cm³/mol. The molecular weight excluding hydrogens is 296 g/mol. The van der Waals surface area contributed by atoms with E-state index >= 15 is 0 Å². The Morgan fingerprint density at radius 2 is 1.22 bits per heavy atom. The summed E-state index contributed by atoms with van der Waals surface area (Å²) in [5, 5.41) is 0. The molecule has 0 aliphatic carbocycles. The smallest absolute Gasteiger partial charge is 0.202 e. The van der Waals surface area contributed by atoms with Crippen molar-refractivity contribution in [2.24, 2.45) is 0 Å². The molecule has 0 aliphatic rings. The first-order valence-corrected chi connectivity index (χ1v) is 13.6. The van der Waals surface area contributed by atoms with Gasteiger partial charge in [0.05, 0.1) is 8.07 Å². The van der Waals surface area contributed by atoms with E-state index in [1.54, 1.807) is 0 Å². The summed E-state index contributed by atoms with van der Waals surface area (Å²) in [5.74, 6) is 0. The van der Waals surface area contributed by atoms with Crippen LogP contribution >= 0.6 is 0 Å². The Morgan fingerprint density at radius 3 is 1.61 bits per heavy atom. The first-order valence-electron chi connectivity index (χ1n) is 10.1. The second-order valence-electron chi connectivity index (χ2n) is 8.07. The van der Waals surface area contributed by atoms with Gasteiger partial charge in [0.1, 0.15) is 0 Å². The van der Waals surface area contributed by atoms with Crippen molar-refractivity contribution in [1.82, 2.24) is 0 Å². The van der Waals surface area contributed by atoms with Crippen LogP contribution in [0.1, 0.15) is 90.4 Å². The average molecular weight is 338 g/mol. The van der Waals surface area contributed by atoms with Crippen LogP contribution in [-0.2, 0) is 4.79 Å². The van der Waals surface area contributed by atoms with Crippen molar-refractivity contribution in [2.45, 2.75) is 116 Å². The lowest BCUT2D eigenvalue weighted by Gasteiger charge is -2.19. The highest BCUT2D eigenvalue weighted by atomic mass is 28.3. The average Bonchev–Trinajstić information content (AvgIpc) is 2.50. The standard InChI is InChI=1S/C21H41OSi/c1-5-6-7-8-9-10-11-12-13-14-15-16-17-18-19-21(20-22)23(2,3)4/h18-19,21H,5-17H2,1-4H3. The van der Waals surface area contributed by atoms with E-state index in [4.69, 9.17) is 0 Å². The van der Waals surface area contributed by atoms with E-state index in [1.165, 1.54) is 77.0 Å². The molecule has 0 amide bonds. The summed E-state index contributed by atoms with van der Waals surface area (Å²) in [4.78, 5) is 11.0. The Hall–Kier alpha value is -0.373. The number of carbonyl (C=O) groups excluding carboxylic acids is 1. The van der Waals surface area contributed by atoms with Crippen molar-refractivity contribution in [3.63, 3.8) is 0 Å². The Morgan fingerprint density at radius 1 is 0.783 bits per heavy atom. The zero-order valence-electron chi connectivity index (χ0n) is 16.3. The number of unbranched alkanes of at least 4 members (excludes halogenated alkanes) is 12. The molecule has 0 aromatic carbocycles. The van der Waals surface area contributed by atoms with E-state index in [-0.39, 0.29) is 5.54 Å². The molecule has 0 saturated carbocycles. The minimum absolute atomic E-state index is 0.0693. The maximum Gasteiger partial charge on any atom is 0.202 e. The van der Waals surface area contributed by atoms with Crippen molar-refractivity contribution in [2.75, 3.05) is 0 Å². The van der Waals surface area contributed by atoms with Gasteiger partial charge in [0.25, 0.3) is 0 Å². The maximum absolute atomic E-state index is 11.0. The van der Waals surface area contributed by atoms with Crippen molar-refractivity contribution < 1.29 is 4.79 Å². The topological polar surface area (TPSA) is 17.1 Å². The molecule has 0 aliphatic heterocycles. The Labute approximate surface area is 147 Å². The summed E-state index contributed by atoms with van der Waals surface area (Å²) in [7, 11) is -1.40. The van der Waals surface area contributed by atoms with Gasteiger partial charge in [-0.25, -0.2) is 0 Å². The largest absolute Gasteiger partial charge is 0.291 e. The molecule has 135 valence electrons. The van der Waals surface area contributed by atoms with Gasteiger partial charge < -0.3 is 0 Å². The third kappa shape index (κ3) is 14.9. The molecule has 1 unspecified atom stereocenters. The molecule has 0 saturated heterocycles. The first kappa shape index (κ1) is 22.6. The van der Waals surface area contributed by atoms with Crippen molar-refractivity contribution in [3.8, 4) is 0 Å². The van der Waals surface area contributed by atoms with E-state index in [2.05, 4.69) is 45.0 Å². The van der Waals surface area contributed by atoms with Crippen LogP contribution in [0.2, 0.25) is 25.2 Å². The highest BCUT2D eigenvalue weighted by Crippen LogP contribution is 2.21. The van der Waals surface area contributed by atoms with Gasteiger partial charge in [0.15, 0.2) is 0 Å². The Bertz CT molecular complexity index is 291. The maximum atomic E-state index is 11.0. The van der Waals surface area contributed by atoms with Gasteiger partial charge in [-0.15, -0.1) is 0 Å². The van der Waals surface area contributed by atoms with Crippen LogP contribution in [0, 0.1) is 0 Å². The molecule has 23 heavy (non-hydrogen) atoms. The van der Waals surface area contributed by atoms with Crippen molar-refractivity contribution in [3.05, 3.63) is 12.2 Å². The molecular formula is C21H41OSi. The fourth-order valence-corrected chi connectivity index (χ4v) is 3.91. The normalized spacial score (nSPS) is 13.6. The summed E-state index contributed by atoms with van der Waals surface area (Å²) in [5.41, 5.74) is 0.0693. The molecule has 0 aromatic rings. The number of hydrogen-bond acceptors (Lipinski definition) is 1. The quantitative estimate of drug-likeness (QED) is 0.162. The molecule has 0 aromatic heterocycles. The lowest BCUT2D eigenvalue weighted by atomic mass is 10.0. The third-order valence-corrected chi connectivity index (χ3v) is 6.79. The first-order chi connectivity index (χ1) is 11.0. The third-order valence-electron chi connectivity index (χ3n) is 4.61. The zero-order valence-corrected chi connectivity index (χ0v) is 17.3. The van der Waals surface area contributed by atoms with Crippen LogP contribution in [-0.4, -0.2) is 14.4 Å². The predicted octanol–water partition coefficient (Wildman–Crippen LogP) is 7.45. The molecule has 2 heteroatoms. The summed E-state index contributed by atoms with van der Waals surface area (Å²) in [6.07, 6.45) is 24.4. The van der Waals surface area contributed by atoms with E-state index in [1.807, 2.05) is 0 Å². The van der Waals surface area contributed by atoms with Gasteiger partial charge >= 0.3 is 0 Å². The monoisotopic (exact) mass is 337 g/mol. The van der Waals surface area contributed by atoms with E-state index in [9.17, 15) is 4.79 Å². The molecule has 0 bridgehead atoms. The lowest BCUT2D eigenvalue weighted by molar-refractivity contribution is 0.544. The summed E-state index contributed by atoms with van der Waals surface area (Å²) in [6, 6.07) is 0. The molecule has 0 heterocycles. The van der Waals surface area contributed by atoms with Gasteiger partial charge in [0, 0.05) is 5.54 Å². The number of rotatable bonds is 16. The van der Waals surface area contributed by atoms with Crippen LogP contribution in [0.4, 0.5) is 0 Å². The van der Waals surface area contributed by atoms with Gasteiger partial charge in [-0.05, 0) is 12.8 Å². The van der Waals surface area contributed by atoms with Crippen molar-refractivity contribution in [1.29, 1.82) is 0 Å². The van der Waals surface area contributed by atoms with E-state index < -0.39 is 8.07 Å². The van der Waals surface area contributed by atoms with Gasteiger partial charge in [-0.2, -0.15) is 0 Å². The van der Waals surface area contributed by atoms with Gasteiger partial charge in [-0.1, -0.05) is 109 Å². The Balaban J connectivity index is 3.35. The van der Waals surface area contributed by atoms with E-state index in [0.717, 1.165) is 6.42 Å².